The first-order chi connectivity index (χ1) is 16.2. The topological polar surface area (TPSA) is 57.2 Å². The predicted molar refractivity (Wildman–Crippen MR) is 128 cm³/mol. The van der Waals surface area contributed by atoms with Crippen molar-refractivity contribution in [3.63, 3.8) is 0 Å². The van der Waals surface area contributed by atoms with Crippen molar-refractivity contribution in [2.24, 2.45) is 0 Å². The molecule has 0 unspecified atom stereocenters. The van der Waals surface area contributed by atoms with E-state index < -0.39 is 0 Å². The fourth-order valence-electron chi connectivity index (χ4n) is 3.60. The Morgan fingerprint density at radius 3 is 2.45 bits per heavy atom. The highest BCUT2D eigenvalue weighted by atomic mass is 32.2. The van der Waals surface area contributed by atoms with Gasteiger partial charge in [-0.15, -0.1) is 11.8 Å². The van der Waals surface area contributed by atoms with Gasteiger partial charge >= 0.3 is 0 Å². The number of hydrogen-bond donors (Lipinski definition) is 0. The number of fused-ring (bicyclic) bond motifs is 1. The molecule has 6 nitrogen and oxygen atoms in total. The minimum absolute atomic E-state index is 0.0852. The van der Waals surface area contributed by atoms with Crippen LogP contribution >= 0.6 is 11.8 Å². The fourth-order valence-corrected chi connectivity index (χ4v) is 4.43. The summed E-state index contributed by atoms with van der Waals surface area (Å²) in [5.41, 5.74) is 2.08. The quantitative estimate of drug-likeness (QED) is 0.401. The largest absolute Gasteiger partial charge is 0.493 e. The van der Waals surface area contributed by atoms with Crippen molar-refractivity contribution in [2.45, 2.75) is 17.9 Å². The number of nitrogens with zero attached hydrogens (tertiary/aromatic N) is 1. The molecule has 33 heavy (non-hydrogen) atoms. The average Bonchev–Trinajstić information content (AvgIpc) is 3.33. The third kappa shape index (κ3) is 5.93. The van der Waals surface area contributed by atoms with E-state index in [9.17, 15) is 4.79 Å². The van der Waals surface area contributed by atoms with Gasteiger partial charge in [0.05, 0.1) is 20.0 Å². The number of amides is 1. The molecule has 172 valence electrons. The highest BCUT2D eigenvalue weighted by Crippen LogP contribution is 2.33. The Labute approximate surface area is 198 Å². The SMILES string of the molecule is COc1ccc(CCN(Cc2ccc3c(c2)OCO3)C(=O)CSc2ccccc2)cc1OC. The molecule has 1 heterocycles. The number of hydrogen-bond acceptors (Lipinski definition) is 6. The minimum atomic E-state index is 0.0852. The van der Waals surface area contributed by atoms with Crippen molar-refractivity contribution in [2.75, 3.05) is 33.3 Å². The number of carbonyl (C=O) groups is 1. The summed E-state index contributed by atoms with van der Waals surface area (Å²) in [6.45, 7) is 1.31. The van der Waals surface area contributed by atoms with Crippen molar-refractivity contribution in [1.29, 1.82) is 0 Å². The first-order valence-electron chi connectivity index (χ1n) is 10.7. The zero-order chi connectivity index (χ0) is 23.0. The number of thioether (sulfide) groups is 1. The molecule has 1 aliphatic rings. The highest BCUT2D eigenvalue weighted by molar-refractivity contribution is 8.00. The molecular weight excluding hydrogens is 438 g/mol. The van der Waals surface area contributed by atoms with E-state index in [1.165, 1.54) is 0 Å². The molecule has 0 atom stereocenters. The van der Waals surface area contributed by atoms with Gasteiger partial charge in [0.2, 0.25) is 12.7 Å². The van der Waals surface area contributed by atoms with Gasteiger partial charge in [-0.3, -0.25) is 4.79 Å². The zero-order valence-corrected chi connectivity index (χ0v) is 19.6. The maximum absolute atomic E-state index is 13.2. The second-order valence-electron chi connectivity index (χ2n) is 7.54. The lowest BCUT2D eigenvalue weighted by Gasteiger charge is -2.23. The van der Waals surface area contributed by atoms with E-state index in [0.717, 1.165) is 27.5 Å². The summed E-state index contributed by atoms with van der Waals surface area (Å²) in [6, 6.07) is 21.6. The Morgan fingerprint density at radius 2 is 1.67 bits per heavy atom. The molecule has 1 amide bonds. The van der Waals surface area contributed by atoms with Crippen LogP contribution in [0.3, 0.4) is 0 Å². The average molecular weight is 466 g/mol. The Hall–Kier alpha value is -3.32. The predicted octanol–water partition coefficient (Wildman–Crippen LogP) is 4.80. The van der Waals surface area contributed by atoms with Gasteiger partial charge in [0.25, 0.3) is 0 Å². The van der Waals surface area contributed by atoms with Crippen LogP contribution in [0, 0.1) is 0 Å². The fraction of sp³-hybridized carbons (Fsp3) is 0.269. The van der Waals surface area contributed by atoms with Crippen LogP contribution in [0.5, 0.6) is 23.0 Å². The summed E-state index contributed by atoms with van der Waals surface area (Å²) in [7, 11) is 3.24. The number of methoxy groups -OCH3 is 2. The smallest absolute Gasteiger partial charge is 0.233 e. The van der Waals surface area contributed by atoms with Gasteiger partial charge in [-0.25, -0.2) is 0 Å². The lowest BCUT2D eigenvalue weighted by Crippen LogP contribution is -2.33. The first kappa shape index (κ1) is 22.9. The van der Waals surface area contributed by atoms with Crippen LogP contribution in [0.4, 0.5) is 0 Å². The zero-order valence-electron chi connectivity index (χ0n) is 18.8. The van der Waals surface area contributed by atoms with E-state index in [1.54, 1.807) is 26.0 Å². The maximum Gasteiger partial charge on any atom is 0.233 e. The summed E-state index contributed by atoms with van der Waals surface area (Å²) >= 11 is 1.55. The summed E-state index contributed by atoms with van der Waals surface area (Å²) in [6.07, 6.45) is 0.701. The molecule has 3 aromatic carbocycles. The number of ether oxygens (including phenoxy) is 4. The van der Waals surface area contributed by atoms with E-state index in [4.69, 9.17) is 18.9 Å². The van der Waals surface area contributed by atoms with Crippen LogP contribution in [0.15, 0.2) is 71.6 Å². The standard InChI is InChI=1S/C26H27NO5S/c1-29-22-10-8-19(14-24(22)30-2)12-13-27(26(28)17-33-21-6-4-3-5-7-21)16-20-9-11-23-25(15-20)32-18-31-23/h3-11,14-15H,12-13,16-18H2,1-2H3. The summed E-state index contributed by atoms with van der Waals surface area (Å²) < 4.78 is 21.7. The van der Waals surface area contributed by atoms with Crippen LogP contribution in [-0.2, 0) is 17.8 Å². The molecule has 0 bridgehead atoms. The van der Waals surface area contributed by atoms with Crippen molar-refractivity contribution < 1.29 is 23.7 Å². The van der Waals surface area contributed by atoms with Gasteiger partial charge < -0.3 is 23.8 Å². The monoisotopic (exact) mass is 465 g/mol. The highest BCUT2D eigenvalue weighted by Gasteiger charge is 2.18. The molecular formula is C26H27NO5S. The summed E-state index contributed by atoms with van der Waals surface area (Å²) in [5, 5.41) is 0. The minimum Gasteiger partial charge on any atom is -0.493 e. The molecule has 7 heteroatoms. The first-order valence-corrected chi connectivity index (χ1v) is 11.7. The van der Waals surface area contributed by atoms with E-state index in [-0.39, 0.29) is 12.7 Å². The van der Waals surface area contributed by atoms with E-state index >= 15 is 0 Å². The number of benzene rings is 3. The third-order valence-electron chi connectivity index (χ3n) is 5.39. The third-order valence-corrected chi connectivity index (χ3v) is 6.38. The van der Waals surface area contributed by atoms with Crippen molar-refractivity contribution in [3.05, 3.63) is 77.9 Å². The molecule has 0 saturated carbocycles. The van der Waals surface area contributed by atoms with Gasteiger partial charge in [-0.1, -0.05) is 30.3 Å². The van der Waals surface area contributed by atoms with Gasteiger partial charge in [0.1, 0.15) is 0 Å². The molecule has 0 fully saturated rings. The summed E-state index contributed by atoms with van der Waals surface area (Å²) in [5.74, 6) is 3.29. The van der Waals surface area contributed by atoms with E-state index in [2.05, 4.69) is 0 Å². The van der Waals surface area contributed by atoms with Crippen LogP contribution in [0.1, 0.15) is 11.1 Å². The molecule has 4 rings (SSSR count). The second-order valence-corrected chi connectivity index (χ2v) is 8.59. The number of carbonyl (C=O) groups excluding carboxylic acids is 1. The van der Waals surface area contributed by atoms with Crippen molar-refractivity contribution in [1.82, 2.24) is 4.90 Å². The Kier molecular flexibility index (Phi) is 7.62. The van der Waals surface area contributed by atoms with Crippen molar-refractivity contribution >= 4 is 17.7 Å². The molecule has 0 spiro atoms. The normalized spacial score (nSPS) is 11.8. The van der Waals surface area contributed by atoms with E-state index in [0.29, 0.717) is 36.8 Å². The molecule has 0 saturated heterocycles. The van der Waals surface area contributed by atoms with Gasteiger partial charge in [0.15, 0.2) is 23.0 Å². The lowest BCUT2D eigenvalue weighted by molar-refractivity contribution is -0.128. The molecule has 0 aromatic heterocycles. The van der Waals surface area contributed by atoms with E-state index in [1.807, 2.05) is 71.6 Å². The number of rotatable bonds is 10. The van der Waals surface area contributed by atoms with Crippen LogP contribution in [0.25, 0.3) is 0 Å². The van der Waals surface area contributed by atoms with Crippen LogP contribution in [-0.4, -0.2) is 44.1 Å². The summed E-state index contributed by atoms with van der Waals surface area (Å²) in [4.78, 5) is 16.2. The second kappa shape index (κ2) is 11.0. The molecule has 0 aliphatic carbocycles. The Bertz CT molecular complexity index is 1090. The van der Waals surface area contributed by atoms with Crippen molar-refractivity contribution in [3.8, 4) is 23.0 Å². The van der Waals surface area contributed by atoms with Gasteiger partial charge in [-0.2, -0.15) is 0 Å². The van der Waals surface area contributed by atoms with Gasteiger partial charge in [-0.05, 0) is 53.9 Å². The molecule has 1 aliphatic heterocycles. The molecule has 0 radical (unpaired) electrons. The molecule has 0 N–H and O–H groups in total. The Balaban J connectivity index is 1.47. The van der Waals surface area contributed by atoms with Crippen LogP contribution < -0.4 is 18.9 Å². The molecule has 3 aromatic rings. The Morgan fingerprint density at radius 1 is 0.909 bits per heavy atom. The van der Waals surface area contributed by atoms with Crippen LogP contribution in [0.2, 0.25) is 0 Å². The lowest BCUT2D eigenvalue weighted by atomic mass is 10.1. The van der Waals surface area contributed by atoms with Gasteiger partial charge in [0, 0.05) is 18.0 Å². The maximum atomic E-state index is 13.2.